The molecular formula is C27H18O8. The summed E-state index contributed by atoms with van der Waals surface area (Å²) in [5.41, 5.74) is 2.94. The van der Waals surface area contributed by atoms with Crippen molar-refractivity contribution in [3.05, 3.63) is 88.2 Å². The monoisotopic (exact) mass is 470 g/mol. The number of ether oxygens (including phenoxy) is 5. The summed E-state index contributed by atoms with van der Waals surface area (Å²) in [5, 5.41) is 0. The number of hydrogen-bond donors (Lipinski definition) is 0. The molecule has 3 aliphatic heterocycles. The Morgan fingerprint density at radius 1 is 0.943 bits per heavy atom. The Labute approximate surface area is 199 Å². The van der Waals surface area contributed by atoms with Gasteiger partial charge in [0.2, 0.25) is 12.6 Å². The quantitative estimate of drug-likeness (QED) is 0.318. The number of carbonyl (C=O) groups is 3. The van der Waals surface area contributed by atoms with Gasteiger partial charge < -0.3 is 23.7 Å². The summed E-state index contributed by atoms with van der Waals surface area (Å²) in [6.07, 6.45) is 1.70. The molecule has 0 spiro atoms. The number of methoxy groups -OCH3 is 1. The van der Waals surface area contributed by atoms with Gasteiger partial charge in [-0.3, -0.25) is 9.59 Å². The first-order valence-electron chi connectivity index (χ1n) is 10.9. The van der Waals surface area contributed by atoms with E-state index < -0.39 is 5.97 Å². The highest BCUT2D eigenvalue weighted by molar-refractivity contribution is 6.15. The average molecular weight is 470 g/mol. The molecule has 174 valence electrons. The molecule has 3 aromatic rings. The Hall–Kier alpha value is -4.59. The largest absolute Gasteiger partial charge is 0.465 e. The van der Waals surface area contributed by atoms with Gasteiger partial charge in [-0.25, -0.2) is 4.79 Å². The molecule has 3 aromatic carbocycles. The SMILES string of the molecule is COC(=O)c1ccc(C=C2Oc3c(ccc4c3C(c3ccc5c(c3)OCO5)CC(=O)O4)C2=O)cc1. The number of benzene rings is 3. The number of carbonyl (C=O) groups excluding carboxylic acids is 3. The Morgan fingerprint density at radius 3 is 2.51 bits per heavy atom. The predicted octanol–water partition coefficient (Wildman–Crippen LogP) is 4.26. The van der Waals surface area contributed by atoms with Crippen LogP contribution in [0.1, 0.15) is 49.7 Å². The molecule has 6 rings (SSSR count). The third kappa shape index (κ3) is 3.50. The van der Waals surface area contributed by atoms with Crippen molar-refractivity contribution in [2.45, 2.75) is 12.3 Å². The van der Waals surface area contributed by atoms with E-state index in [4.69, 9.17) is 23.7 Å². The van der Waals surface area contributed by atoms with Crippen molar-refractivity contribution < 1.29 is 38.1 Å². The molecule has 8 nitrogen and oxygen atoms in total. The fraction of sp³-hybridized carbons (Fsp3) is 0.148. The van der Waals surface area contributed by atoms with Gasteiger partial charge in [0.15, 0.2) is 17.3 Å². The van der Waals surface area contributed by atoms with Crippen LogP contribution in [0.15, 0.2) is 60.4 Å². The zero-order chi connectivity index (χ0) is 24.1. The number of esters is 2. The van der Waals surface area contributed by atoms with Crippen molar-refractivity contribution in [2.75, 3.05) is 13.9 Å². The number of ketones is 1. The molecule has 0 N–H and O–H groups in total. The van der Waals surface area contributed by atoms with E-state index in [0.29, 0.717) is 45.3 Å². The maximum absolute atomic E-state index is 13.2. The summed E-state index contributed by atoms with van der Waals surface area (Å²) in [5.74, 6) is 0.638. The van der Waals surface area contributed by atoms with E-state index in [-0.39, 0.29) is 36.6 Å². The molecule has 0 amide bonds. The summed E-state index contributed by atoms with van der Waals surface area (Å²) in [6, 6.07) is 15.4. The van der Waals surface area contributed by atoms with Crippen LogP contribution in [-0.2, 0) is 9.53 Å². The van der Waals surface area contributed by atoms with Crippen LogP contribution in [0, 0.1) is 0 Å². The molecule has 0 aliphatic carbocycles. The van der Waals surface area contributed by atoms with E-state index >= 15 is 0 Å². The zero-order valence-electron chi connectivity index (χ0n) is 18.5. The lowest BCUT2D eigenvalue weighted by Crippen LogP contribution is -2.21. The fourth-order valence-electron chi connectivity index (χ4n) is 4.51. The van der Waals surface area contributed by atoms with Gasteiger partial charge >= 0.3 is 11.9 Å². The van der Waals surface area contributed by atoms with Crippen LogP contribution in [0.2, 0.25) is 0 Å². The molecule has 0 bridgehead atoms. The van der Waals surface area contributed by atoms with Crippen molar-refractivity contribution in [2.24, 2.45) is 0 Å². The van der Waals surface area contributed by atoms with E-state index in [9.17, 15) is 14.4 Å². The van der Waals surface area contributed by atoms with Gasteiger partial charge in [-0.1, -0.05) is 18.2 Å². The number of allylic oxidation sites excluding steroid dienone is 1. The first-order valence-corrected chi connectivity index (χ1v) is 10.9. The second-order valence-corrected chi connectivity index (χ2v) is 8.25. The fourth-order valence-corrected chi connectivity index (χ4v) is 4.51. The summed E-state index contributed by atoms with van der Waals surface area (Å²) < 4.78 is 27.2. The second kappa shape index (κ2) is 8.02. The molecule has 1 unspecified atom stereocenters. The van der Waals surface area contributed by atoms with Crippen molar-refractivity contribution in [3.63, 3.8) is 0 Å². The third-order valence-corrected chi connectivity index (χ3v) is 6.21. The van der Waals surface area contributed by atoms with Gasteiger partial charge in [-0.15, -0.1) is 0 Å². The lowest BCUT2D eigenvalue weighted by Gasteiger charge is -2.26. The van der Waals surface area contributed by atoms with Gasteiger partial charge in [0.25, 0.3) is 0 Å². The number of hydrogen-bond acceptors (Lipinski definition) is 8. The summed E-state index contributed by atoms with van der Waals surface area (Å²) >= 11 is 0. The number of rotatable bonds is 3. The number of Topliss-reactive ketones (excluding diaryl/α,β-unsaturated/α-hetero) is 1. The molecule has 8 heteroatoms. The second-order valence-electron chi connectivity index (χ2n) is 8.25. The molecule has 0 fully saturated rings. The molecule has 3 aliphatic rings. The zero-order valence-corrected chi connectivity index (χ0v) is 18.5. The van der Waals surface area contributed by atoms with Crippen LogP contribution in [0.5, 0.6) is 23.0 Å². The van der Waals surface area contributed by atoms with E-state index in [0.717, 1.165) is 5.56 Å². The maximum Gasteiger partial charge on any atom is 0.337 e. The van der Waals surface area contributed by atoms with Gasteiger partial charge in [0.05, 0.1) is 24.7 Å². The lowest BCUT2D eigenvalue weighted by atomic mass is 9.84. The van der Waals surface area contributed by atoms with Gasteiger partial charge in [-0.2, -0.15) is 0 Å². The van der Waals surface area contributed by atoms with Crippen molar-refractivity contribution in [1.82, 2.24) is 0 Å². The topological polar surface area (TPSA) is 97.4 Å². The van der Waals surface area contributed by atoms with Crippen LogP contribution in [0.4, 0.5) is 0 Å². The van der Waals surface area contributed by atoms with Crippen LogP contribution in [0.25, 0.3) is 6.08 Å². The van der Waals surface area contributed by atoms with Crippen LogP contribution in [0.3, 0.4) is 0 Å². The molecule has 1 atom stereocenters. The maximum atomic E-state index is 13.2. The van der Waals surface area contributed by atoms with Crippen molar-refractivity contribution >= 4 is 23.8 Å². The first kappa shape index (κ1) is 21.0. The summed E-state index contributed by atoms with van der Waals surface area (Å²) in [6.45, 7) is 0.143. The number of fused-ring (bicyclic) bond motifs is 4. The van der Waals surface area contributed by atoms with E-state index in [1.807, 2.05) is 12.1 Å². The van der Waals surface area contributed by atoms with Crippen LogP contribution in [-0.4, -0.2) is 31.6 Å². The average Bonchev–Trinajstić information content (AvgIpc) is 3.47. The Balaban J connectivity index is 1.39. The first-order chi connectivity index (χ1) is 17.0. The highest BCUT2D eigenvalue weighted by atomic mass is 16.7. The minimum atomic E-state index is -0.444. The van der Waals surface area contributed by atoms with E-state index in [2.05, 4.69) is 0 Å². The highest BCUT2D eigenvalue weighted by Gasteiger charge is 2.39. The Morgan fingerprint density at radius 2 is 1.71 bits per heavy atom. The molecular weight excluding hydrogens is 452 g/mol. The molecule has 3 heterocycles. The van der Waals surface area contributed by atoms with E-state index in [1.165, 1.54) is 7.11 Å². The molecule has 0 radical (unpaired) electrons. The molecule has 0 aromatic heterocycles. The molecule has 0 saturated heterocycles. The van der Waals surface area contributed by atoms with Gasteiger partial charge in [0, 0.05) is 11.5 Å². The third-order valence-electron chi connectivity index (χ3n) is 6.21. The standard InChI is InChI=1S/C27H18O8/c1-31-27(30)15-4-2-14(3-5-15)10-22-25(29)17-7-9-20-24(26(17)35-22)18(12-23(28)34-20)16-6-8-19-21(11-16)33-13-32-19/h2-11,18H,12-13H2,1H3. The smallest absolute Gasteiger partial charge is 0.337 e. The van der Waals surface area contributed by atoms with Crippen molar-refractivity contribution in [1.29, 1.82) is 0 Å². The predicted molar refractivity (Wildman–Crippen MR) is 122 cm³/mol. The Bertz CT molecular complexity index is 1430. The minimum Gasteiger partial charge on any atom is -0.465 e. The highest BCUT2D eigenvalue weighted by Crippen LogP contribution is 2.50. The summed E-state index contributed by atoms with van der Waals surface area (Å²) in [7, 11) is 1.31. The normalized spacial score (nSPS) is 18.5. The van der Waals surface area contributed by atoms with Crippen LogP contribution >= 0.6 is 0 Å². The van der Waals surface area contributed by atoms with Crippen LogP contribution < -0.4 is 18.9 Å². The molecule has 35 heavy (non-hydrogen) atoms. The minimum absolute atomic E-state index is 0.0919. The van der Waals surface area contributed by atoms with Gasteiger partial charge in [0.1, 0.15) is 11.5 Å². The Kier molecular flexibility index (Phi) is 4.81. The van der Waals surface area contributed by atoms with E-state index in [1.54, 1.807) is 48.5 Å². The van der Waals surface area contributed by atoms with Crippen molar-refractivity contribution in [3.8, 4) is 23.0 Å². The lowest BCUT2D eigenvalue weighted by molar-refractivity contribution is -0.135. The molecule has 0 saturated carbocycles. The summed E-state index contributed by atoms with van der Waals surface area (Å²) in [4.78, 5) is 37.2. The van der Waals surface area contributed by atoms with Gasteiger partial charge in [-0.05, 0) is 53.6 Å².